The Labute approximate surface area is 180 Å². The summed E-state index contributed by atoms with van der Waals surface area (Å²) in [7, 11) is -4.00. The Morgan fingerprint density at radius 3 is 2.27 bits per heavy atom. The molecular formula is C22H20ClFN2O3S. The average molecular weight is 447 g/mol. The van der Waals surface area contributed by atoms with Crippen molar-refractivity contribution < 1.29 is 17.6 Å². The van der Waals surface area contributed by atoms with Gasteiger partial charge in [0.05, 0.1) is 11.4 Å². The van der Waals surface area contributed by atoms with E-state index in [0.717, 1.165) is 9.87 Å². The lowest BCUT2D eigenvalue weighted by atomic mass is 10.2. The summed E-state index contributed by atoms with van der Waals surface area (Å²) in [5.74, 6) is -0.910. The number of hydrogen-bond acceptors (Lipinski definition) is 3. The van der Waals surface area contributed by atoms with E-state index in [1.54, 1.807) is 12.1 Å². The van der Waals surface area contributed by atoms with E-state index < -0.39 is 28.3 Å². The standard InChI is InChI=1S/C22H20ClFN2O3S/c1-16-4-2-3-5-21(16)25-22(27)15-26(14-17-6-10-19(24)11-7-17)30(28,29)20-12-8-18(23)9-13-20/h2-13H,14-15H2,1H3,(H,25,27). The van der Waals surface area contributed by atoms with Crippen LogP contribution in [0.1, 0.15) is 11.1 Å². The van der Waals surface area contributed by atoms with Crippen molar-refractivity contribution in [1.29, 1.82) is 0 Å². The minimum Gasteiger partial charge on any atom is -0.325 e. The first kappa shape index (κ1) is 22.0. The van der Waals surface area contributed by atoms with Gasteiger partial charge in [-0.2, -0.15) is 4.31 Å². The number of nitrogens with zero attached hydrogens (tertiary/aromatic N) is 1. The number of sulfonamides is 1. The highest BCUT2D eigenvalue weighted by Gasteiger charge is 2.27. The number of amides is 1. The molecule has 8 heteroatoms. The topological polar surface area (TPSA) is 66.5 Å². The average Bonchev–Trinajstić information content (AvgIpc) is 2.71. The van der Waals surface area contributed by atoms with Crippen molar-refractivity contribution in [3.8, 4) is 0 Å². The molecule has 0 saturated carbocycles. The van der Waals surface area contributed by atoms with Gasteiger partial charge in [0, 0.05) is 17.3 Å². The number of carbonyl (C=O) groups excluding carboxylic acids is 1. The summed E-state index contributed by atoms with van der Waals surface area (Å²) in [6.45, 7) is 1.35. The van der Waals surface area contributed by atoms with E-state index in [-0.39, 0.29) is 11.4 Å². The quantitative estimate of drug-likeness (QED) is 0.576. The molecule has 3 rings (SSSR count). The summed E-state index contributed by atoms with van der Waals surface area (Å²) in [6, 6.07) is 18.4. The van der Waals surface area contributed by atoms with Crippen LogP contribution in [0.4, 0.5) is 10.1 Å². The van der Waals surface area contributed by atoms with Crippen LogP contribution in [-0.2, 0) is 21.4 Å². The van der Waals surface area contributed by atoms with Gasteiger partial charge in [-0.25, -0.2) is 12.8 Å². The van der Waals surface area contributed by atoms with Crippen LogP contribution in [0.15, 0.2) is 77.7 Å². The molecule has 0 aromatic heterocycles. The third-order valence-corrected chi connectivity index (χ3v) is 6.52. The molecule has 30 heavy (non-hydrogen) atoms. The molecule has 0 spiro atoms. The van der Waals surface area contributed by atoms with Crippen LogP contribution in [-0.4, -0.2) is 25.2 Å². The third kappa shape index (κ3) is 5.44. The van der Waals surface area contributed by atoms with Crippen LogP contribution in [0.5, 0.6) is 0 Å². The molecule has 0 heterocycles. The summed E-state index contributed by atoms with van der Waals surface area (Å²) in [5, 5.41) is 3.14. The smallest absolute Gasteiger partial charge is 0.243 e. The molecule has 0 bridgehead atoms. The maximum atomic E-state index is 13.2. The summed E-state index contributed by atoms with van der Waals surface area (Å²) in [4.78, 5) is 12.7. The Bertz CT molecular complexity index is 1130. The third-order valence-electron chi connectivity index (χ3n) is 4.46. The minimum atomic E-state index is -4.00. The monoisotopic (exact) mass is 446 g/mol. The van der Waals surface area contributed by atoms with Crippen LogP contribution in [0, 0.1) is 12.7 Å². The molecular weight excluding hydrogens is 427 g/mol. The molecule has 0 aliphatic carbocycles. The van der Waals surface area contributed by atoms with Gasteiger partial charge in [-0.15, -0.1) is 0 Å². The molecule has 0 fully saturated rings. The fraction of sp³-hybridized carbons (Fsp3) is 0.136. The number of benzene rings is 3. The molecule has 1 amide bonds. The Balaban J connectivity index is 1.88. The largest absolute Gasteiger partial charge is 0.325 e. The van der Waals surface area contributed by atoms with Gasteiger partial charge in [0.2, 0.25) is 15.9 Å². The highest BCUT2D eigenvalue weighted by Crippen LogP contribution is 2.21. The highest BCUT2D eigenvalue weighted by atomic mass is 35.5. The number of rotatable bonds is 7. The molecule has 156 valence electrons. The van der Waals surface area contributed by atoms with Gasteiger partial charge in [-0.05, 0) is 60.5 Å². The highest BCUT2D eigenvalue weighted by molar-refractivity contribution is 7.89. The molecule has 3 aromatic carbocycles. The summed E-state index contributed by atoms with van der Waals surface area (Å²) in [6.07, 6.45) is 0. The number of aryl methyl sites for hydroxylation is 1. The zero-order chi connectivity index (χ0) is 21.7. The Morgan fingerprint density at radius 2 is 1.63 bits per heavy atom. The molecule has 5 nitrogen and oxygen atoms in total. The Morgan fingerprint density at radius 1 is 1.00 bits per heavy atom. The van der Waals surface area contributed by atoms with Crippen molar-refractivity contribution in [2.45, 2.75) is 18.4 Å². The van der Waals surface area contributed by atoms with Crippen molar-refractivity contribution >= 4 is 33.2 Å². The number of halogens is 2. The molecule has 0 saturated heterocycles. The molecule has 0 aliphatic heterocycles. The minimum absolute atomic E-state index is 0.0118. The summed E-state index contributed by atoms with van der Waals surface area (Å²) < 4.78 is 40.7. The number of nitrogens with one attached hydrogen (secondary N) is 1. The van der Waals surface area contributed by atoms with E-state index >= 15 is 0 Å². The normalized spacial score (nSPS) is 11.5. The Kier molecular flexibility index (Phi) is 6.87. The van der Waals surface area contributed by atoms with Crippen LogP contribution in [0.3, 0.4) is 0 Å². The summed E-state index contributed by atoms with van der Waals surface area (Å²) >= 11 is 5.87. The Hall–Kier alpha value is -2.74. The van der Waals surface area contributed by atoms with Gasteiger partial charge in [-0.3, -0.25) is 4.79 Å². The second-order valence-electron chi connectivity index (χ2n) is 6.72. The lowest BCUT2D eigenvalue weighted by molar-refractivity contribution is -0.116. The van der Waals surface area contributed by atoms with E-state index in [2.05, 4.69) is 5.32 Å². The second-order valence-corrected chi connectivity index (χ2v) is 9.09. The number of para-hydroxylation sites is 1. The van der Waals surface area contributed by atoms with Crippen molar-refractivity contribution in [3.63, 3.8) is 0 Å². The predicted octanol–water partition coefficient (Wildman–Crippen LogP) is 4.62. The van der Waals surface area contributed by atoms with E-state index in [4.69, 9.17) is 11.6 Å². The first-order valence-corrected chi connectivity index (χ1v) is 10.9. The van der Waals surface area contributed by atoms with E-state index in [9.17, 15) is 17.6 Å². The molecule has 0 aliphatic rings. The molecule has 0 radical (unpaired) electrons. The van der Waals surface area contributed by atoms with Crippen LogP contribution >= 0.6 is 11.6 Å². The van der Waals surface area contributed by atoms with E-state index in [1.165, 1.54) is 48.5 Å². The zero-order valence-electron chi connectivity index (χ0n) is 16.2. The predicted molar refractivity (Wildman–Crippen MR) is 115 cm³/mol. The number of carbonyl (C=O) groups is 1. The van der Waals surface area contributed by atoms with Gasteiger partial charge in [0.15, 0.2) is 0 Å². The van der Waals surface area contributed by atoms with Gasteiger partial charge in [-0.1, -0.05) is 41.9 Å². The first-order valence-electron chi connectivity index (χ1n) is 9.11. The number of anilines is 1. The zero-order valence-corrected chi connectivity index (χ0v) is 17.8. The second kappa shape index (κ2) is 9.38. The van der Waals surface area contributed by atoms with Crippen molar-refractivity contribution in [2.75, 3.05) is 11.9 Å². The van der Waals surface area contributed by atoms with Gasteiger partial charge in [0.25, 0.3) is 0 Å². The van der Waals surface area contributed by atoms with E-state index in [0.29, 0.717) is 16.3 Å². The molecule has 3 aromatic rings. The number of hydrogen-bond donors (Lipinski definition) is 1. The first-order chi connectivity index (χ1) is 14.3. The van der Waals surface area contributed by atoms with Crippen molar-refractivity contribution in [1.82, 2.24) is 4.31 Å². The van der Waals surface area contributed by atoms with Gasteiger partial charge >= 0.3 is 0 Å². The van der Waals surface area contributed by atoms with Crippen LogP contribution in [0.2, 0.25) is 5.02 Å². The van der Waals surface area contributed by atoms with Crippen LogP contribution < -0.4 is 5.32 Å². The SMILES string of the molecule is Cc1ccccc1NC(=O)CN(Cc1ccc(F)cc1)S(=O)(=O)c1ccc(Cl)cc1. The van der Waals surface area contributed by atoms with Gasteiger partial charge < -0.3 is 5.32 Å². The fourth-order valence-electron chi connectivity index (χ4n) is 2.84. The lowest BCUT2D eigenvalue weighted by Crippen LogP contribution is -2.37. The molecule has 0 unspecified atom stereocenters. The fourth-order valence-corrected chi connectivity index (χ4v) is 4.35. The maximum Gasteiger partial charge on any atom is 0.243 e. The van der Waals surface area contributed by atoms with Crippen molar-refractivity contribution in [2.24, 2.45) is 0 Å². The van der Waals surface area contributed by atoms with Crippen molar-refractivity contribution in [3.05, 3.63) is 94.8 Å². The van der Waals surface area contributed by atoms with E-state index in [1.807, 2.05) is 19.1 Å². The van der Waals surface area contributed by atoms with Crippen LogP contribution in [0.25, 0.3) is 0 Å². The molecule has 0 atom stereocenters. The lowest BCUT2D eigenvalue weighted by Gasteiger charge is -2.22. The maximum absolute atomic E-state index is 13.2. The molecule has 1 N–H and O–H groups in total. The van der Waals surface area contributed by atoms with Gasteiger partial charge in [0.1, 0.15) is 5.82 Å². The summed E-state index contributed by atoms with van der Waals surface area (Å²) in [5.41, 5.74) is 2.02.